The van der Waals surface area contributed by atoms with Gasteiger partial charge in [-0.1, -0.05) is 30.3 Å². The van der Waals surface area contributed by atoms with Gasteiger partial charge in [0.25, 0.3) is 5.91 Å². The van der Waals surface area contributed by atoms with Gasteiger partial charge in [0, 0.05) is 17.7 Å². The van der Waals surface area contributed by atoms with E-state index in [2.05, 4.69) is 11.4 Å². The summed E-state index contributed by atoms with van der Waals surface area (Å²) < 4.78 is 24.4. The van der Waals surface area contributed by atoms with E-state index >= 15 is 0 Å². The molecule has 0 saturated heterocycles. The molecule has 0 spiro atoms. The monoisotopic (exact) mass is 390 g/mol. The molecule has 0 aliphatic heterocycles. The summed E-state index contributed by atoms with van der Waals surface area (Å²) >= 11 is 0. The highest BCUT2D eigenvalue weighted by Crippen LogP contribution is 2.19. The summed E-state index contributed by atoms with van der Waals surface area (Å²) in [6.07, 6.45) is 0. The topological polar surface area (TPSA) is 71.3 Å². The van der Waals surface area contributed by atoms with Gasteiger partial charge in [-0.15, -0.1) is 0 Å². The molecule has 0 aliphatic carbocycles. The van der Waals surface area contributed by atoms with E-state index in [1.807, 2.05) is 12.1 Å². The van der Waals surface area contributed by atoms with E-state index < -0.39 is 5.82 Å². The average molecular weight is 390 g/mol. The van der Waals surface area contributed by atoms with Crippen LogP contribution in [-0.2, 0) is 13.2 Å². The lowest BCUT2D eigenvalue weighted by Crippen LogP contribution is -2.22. The molecule has 0 bridgehead atoms. The first-order chi connectivity index (χ1) is 14.1. The summed E-state index contributed by atoms with van der Waals surface area (Å²) in [5, 5.41) is 11.9. The number of ether oxygens (including phenoxy) is 2. The van der Waals surface area contributed by atoms with Gasteiger partial charge in [-0.2, -0.15) is 5.26 Å². The molecule has 1 amide bonds. The molecular formula is C23H19FN2O3. The van der Waals surface area contributed by atoms with Crippen LogP contribution in [0.5, 0.6) is 11.5 Å². The second kappa shape index (κ2) is 9.38. The van der Waals surface area contributed by atoms with E-state index in [1.165, 1.54) is 19.2 Å². The zero-order valence-electron chi connectivity index (χ0n) is 15.8. The van der Waals surface area contributed by atoms with Crippen molar-refractivity contribution in [2.45, 2.75) is 13.2 Å². The Balaban J connectivity index is 1.62. The molecule has 0 radical (unpaired) electrons. The number of rotatable bonds is 7. The number of nitriles is 1. The maximum atomic E-state index is 13.8. The predicted octanol–water partition coefficient (Wildman–Crippen LogP) is 4.21. The Labute approximate surface area is 168 Å². The zero-order valence-corrected chi connectivity index (χ0v) is 15.8. The first-order valence-corrected chi connectivity index (χ1v) is 8.92. The lowest BCUT2D eigenvalue weighted by molar-refractivity contribution is 0.0950. The minimum atomic E-state index is -0.479. The molecule has 0 heterocycles. The van der Waals surface area contributed by atoms with Crippen molar-refractivity contribution in [2.75, 3.05) is 7.11 Å². The molecule has 0 aromatic heterocycles. The summed E-state index contributed by atoms with van der Waals surface area (Å²) in [6.45, 7) is 0.403. The first kappa shape index (κ1) is 19.9. The molecule has 146 valence electrons. The van der Waals surface area contributed by atoms with Crippen LogP contribution in [0.2, 0.25) is 0 Å². The van der Waals surface area contributed by atoms with Crippen molar-refractivity contribution in [1.29, 1.82) is 5.26 Å². The van der Waals surface area contributed by atoms with Gasteiger partial charge in [-0.05, 0) is 42.0 Å². The van der Waals surface area contributed by atoms with Gasteiger partial charge < -0.3 is 14.8 Å². The summed E-state index contributed by atoms with van der Waals surface area (Å²) in [4.78, 5) is 12.4. The van der Waals surface area contributed by atoms with Gasteiger partial charge in [0.15, 0.2) is 11.6 Å². The van der Waals surface area contributed by atoms with Crippen molar-refractivity contribution < 1.29 is 18.7 Å². The Morgan fingerprint density at radius 3 is 2.69 bits per heavy atom. The average Bonchev–Trinajstić information content (AvgIpc) is 2.76. The molecule has 6 heteroatoms. The highest BCUT2D eigenvalue weighted by molar-refractivity contribution is 5.94. The number of nitrogens with zero attached hydrogens (tertiary/aromatic N) is 1. The number of hydrogen-bond acceptors (Lipinski definition) is 4. The normalized spacial score (nSPS) is 10.1. The van der Waals surface area contributed by atoms with Crippen LogP contribution >= 0.6 is 0 Å². The number of nitrogens with one attached hydrogen (secondary N) is 1. The number of hydrogen-bond donors (Lipinski definition) is 1. The molecular weight excluding hydrogens is 371 g/mol. The summed E-state index contributed by atoms with van der Waals surface area (Å²) in [6, 6.07) is 20.6. The number of carbonyl (C=O) groups is 1. The van der Waals surface area contributed by atoms with E-state index in [0.29, 0.717) is 22.4 Å². The quantitative estimate of drug-likeness (QED) is 0.656. The van der Waals surface area contributed by atoms with Gasteiger partial charge in [-0.3, -0.25) is 4.79 Å². The Bertz CT molecular complexity index is 1060. The van der Waals surface area contributed by atoms with Crippen LogP contribution in [0.15, 0.2) is 66.7 Å². The molecule has 3 aromatic carbocycles. The van der Waals surface area contributed by atoms with E-state index in [9.17, 15) is 9.18 Å². The fourth-order valence-corrected chi connectivity index (χ4v) is 2.75. The fourth-order valence-electron chi connectivity index (χ4n) is 2.75. The third-order valence-corrected chi connectivity index (χ3v) is 4.30. The maximum absolute atomic E-state index is 13.8. The number of benzene rings is 3. The lowest BCUT2D eigenvalue weighted by Gasteiger charge is -2.10. The van der Waals surface area contributed by atoms with Gasteiger partial charge in [0.05, 0.1) is 18.7 Å². The van der Waals surface area contributed by atoms with E-state index in [1.54, 1.807) is 42.5 Å². The van der Waals surface area contributed by atoms with Crippen molar-refractivity contribution >= 4 is 5.91 Å². The highest BCUT2D eigenvalue weighted by Gasteiger charge is 2.09. The minimum Gasteiger partial charge on any atom is -0.494 e. The smallest absolute Gasteiger partial charge is 0.251 e. The van der Waals surface area contributed by atoms with Gasteiger partial charge in [0.2, 0.25) is 0 Å². The highest BCUT2D eigenvalue weighted by atomic mass is 19.1. The van der Waals surface area contributed by atoms with Crippen molar-refractivity contribution in [3.8, 4) is 17.6 Å². The summed E-state index contributed by atoms with van der Waals surface area (Å²) in [5.41, 5.74) is 2.36. The third-order valence-electron chi connectivity index (χ3n) is 4.30. The van der Waals surface area contributed by atoms with Crippen LogP contribution < -0.4 is 14.8 Å². The zero-order chi connectivity index (χ0) is 20.6. The van der Waals surface area contributed by atoms with Crippen LogP contribution in [0.4, 0.5) is 4.39 Å². The second-order valence-electron chi connectivity index (χ2n) is 6.24. The van der Waals surface area contributed by atoms with E-state index in [-0.39, 0.29) is 24.8 Å². The van der Waals surface area contributed by atoms with Crippen LogP contribution in [-0.4, -0.2) is 13.0 Å². The van der Waals surface area contributed by atoms with Crippen LogP contribution in [0.3, 0.4) is 0 Å². The number of amides is 1. The molecule has 3 rings (SSSR count). The first-order valence-electron chi connectivity index (χ1n) is 8.92. The van der Waals surface area contributed by atoms with Gasteiger partial charge in [0.1, 0.15) is 12.4 Å². The number of carbonyl (C=O) groups excluding carboxylic acids is 1. The Kier molecular flexibility index (Phi) is 6.43. The fraction of sp³-hybridized carbons (Fsp3) is 0.130. The van der Waals surface area contributed by atoms with E-state index in [4.69, 9.17) is 14.7 Å². The minimum absolute atomic E-state index is 0.155. The van der Waals surface area contributed by atoms with Gasteiger partial charge >= 0.3 is 0 Å². The lowest BCUT2D eigenvalue weighted by atomic mass is 10.1. The van der Waals surface area contributed by atoms with Crippen molar-refractivity contribution in [3.05, 3.63) is 94.8 Å². The number of halogens is 1. The molecule has 0 fully saturated rings. The predicted molar refractivity (Wildman–Crippen MR) is 106 cm³/mol. The molecule has 0 atom stereocenters. The van der Waals surface area contributed by atoms with Crippen LogP contribution in [0.25, 0.3) is 0 Å². The SMILES string of the molecule is COc1ccc(CNC(=O)c2cccc(OCc3ccccc3C#N)c2)cc1F. The van der Waals surface area contributed by atoms with Crippen LogP contribution in [0.1, 0.15) is 27.0 Å². The largest absolute Gasteiger partial charge is 0.494 e. The molecule has 29 heavy (non-hydrogen) atoms. The van der Waals surface area contributed by atoms with E-state index in [0.717, 1.165) is 5.56 Å². The summed E-state index contributed by atoms with van der Waals surface area (Å²) in [5.74, 6) is -0.111. The standard InChI is InChI=1S/C23H19FN2O3/c1-28-22-10-9-16(11-21(22)24)14-26-23(27)17-7-4-8-20(12-17)29-15-19-6-3-2-5-18(19)13-25/h2-12H,14-15H2,1H3,(H,26,27). The van der Waals surface area contributed by atoms with Crippen molar-refractivity contribution in [3.63, 3.8) is 0 Å². The Hall–Kier alpha value is -3.85. The maximum Gasteiger partial charge on any atom is 0.251 e. The molecule has 5 nitrogen and oxygen atoms in total. The summed E-state index contributed by atoms with van der Waals surface area (Å²) in [7, 11) is 1.40. The Morgan fingerprint density at radius 2 is 1.93 bits per heavy atom. The van der Waals surface area contributed by atoms with Crippen molar-refractivity contribution in [1.82, 2.24) is 5.32 Å². The molecule has 1 N–H and O–H groups in total. The Morgan fingerprint density at radius 1 is 1.10 bits per heavy atom. The van der Waals surface area contributed by atoms with Crippen molar-refractivity contribution in [2.24, 2.45) is 0 Å². The van der Waals surface area contributed by atoms with Gasteiger partial charge in [-0.25, -0.2) is 4.39 Å². The second-order valence-corrected chi connectivity index (χ2v) is 6.24. The van der Waals surface area contributed by atoms with Crippen LogP contribution in [0, 0.1) is 17.1 Å². The third kappa shape index (κ3) is 5.11. The molecule has 0 aliphatic rings. The molecule has 0 saturated carbocycles. The molecule has 3 aromatic rings. The molecule has 0 unspecified atom stereocenters. The number of methoxy groups -OCH3 is 1.